The van der Waals surface area contributed by atoms with E-state index in [2.05, 4.69) is 15.3 Å². The van der Waals surface area contributed by atoms with Crippen LogP contribution in [-0.4, -0.2) is 35.4 Å². The van der Waals surface area contributed by atoms with Crippen molar-refractivity contribution in [2.75, 3.05) is 18.5 Å². The molecule has 1 aliphatic heterocycles. The molecule has 1 fully saturated rings. The summed E-state index contributed by atoms with van der Waals surface area (Å²) in [6, 6.07) is 3.29. The highest BCUT2D eigenvalue weighted by Crippen LogP contribution is 2.35. The van der Waals surface area contributed by atoms with Crippen LogP contribution in [-0.2, 0) is 15.7 Å². The smallest absolute Gasteiger partial charge is 0.435 e. The summed E-state index contributed by atoms with van der Waals surface area (Å²) < 4.78 is 63.6. The van der Waals surface area contributed by atoms with Crippen LogP contribution in [0.5, 0.6) is 0 Å². The van der Waals surface area contributed by atoms with Crippen molar-refractivity contribution < 1.29 is 31.8 Å². The van der Waals surface area contributed by atoms with Crippen molar-refractivity contribution in [3.8, 4) is 11.3 Å². The lowest BCUT2D eigenvalue weighted by Crippen LogP contribution is -2.29. The summed E-state index contributed by atoms with van der Waals surface area (Å²) in [6.45, 7) is 0.841. The van der Waals surface area contributed by atoms with E-state index in [1.54, 1.807) is 0 Å². The summed E-state index contributed by atoms with van der Waals surface area (Å²) in [5.74, 6) is -0.704. The maximum absolute atomic E-state index is 13.4. The number of aromatic nitrogens is 2. The number of rotatable bonds is 3. The van der Waals surface area contributed by atoms with Gasteiger partial charge in [0, 0.05) is 24.6 Å². The summed E-state index contributed by atoms with van der Waals surface area (Å²) >= 11 is 0. The van der Waals surface area contributed by atoms with Gasteiger partial charge in [-0.2, -0.15) is 13.2 Å². The molecule has 3 heterocycles. The fraction of sp³-hybridized carbons (Fsp3) is 0.353. The molecule has 0 spiro atoms. The lowest BCUT2D eigenvalue weighted by atomic mass is 10.1. The van der Waals surface area contributed by atoms with Gasteiger partial charge in [-0.15, -0.1) is 0 Å². The van der Waals surface area contributed by atoms with Gasteiger partial charge >= 0.3 is 12.3 Å². The van der Waals surface area contributed by atoms with Crippen molar-refractivity contribution in [3.63, 3.8) is 0 Å². The molecule has 6 nitrogen and oxygen atoms in total. The molecule has 0 radical (unpaired) electrons. The Bertz CT molecular complexity index is 823. The third kappa shape index (κ3) is 4.91. The standard InChI is InChI=1S/C17H15F4N3O3/c18-11-7-10(8-22-9-11)13-1-2-14(15(23-13)17(19,20)21)24-16(25)27-12-3-5-26-6-4-12/h1-2,7-9,12H,3-6H2,(H,24,25). The predicted octanol–water partition coefficient (Wildman–Crippen LogP) is 4.03. The summed E-state index contributed by atoms with van der Waals surface area (Å²) in [7, 11) is 0. The first kappa shape index (κ1) is 19.0. The van der Waals surface area contributed by atoms with E-state index < -0.39 is 35.6 Å². The van der Waals surface area contributed by atoms with E-state index in [4.69, 9.17) is 9.47 Å². The third-order valence-electron chi connectivity index (χ3n) is 3.84. The number of pyridine rings is 2. The molecule has 0 bridgehead atoms. The van der Waals surface area contributed by atoms with Crippen molar-refractivity contribution in [1.82, 2.24) is 9.97 Å². The molecular weight excluding hydrogens is 370 g/mol. The number of amides is 1. The minimum absolute atomic E-state index is 0.0804. The van der Waals surface area contributed by atoms with Crippen molar-refractivity contribution in [2.45, 2.75) is 25.1 Å². The molecule has 1 saturated heterocycles. The van der Waals surface area contributed by atoms with Gasteiger partial charge in [0.15, 0.2) is 5.69 Å². The SMILES string of the molecule is O=C(Nc1ccc(-c2cncc(F)c2)nc1C(F)(F)F)OC1CCOCC1. The Morgan fingerprint density at radius 2 is 1.96 bits per heavy atom. The van der Waals surface area contributed by atoms with Gasteiger partial charge in [-0.1, -0.05) is 0 Å². The maximum Gasteiger partial charge on any atom is 0.435 e. The number of carbonyl (C=O) groups is 1. The van der Waals surface area contributed by atoms with Crippen LogP contribution in [0.25, 0.3) is 11.3 Å². The highest BCUT2D eigenvalue weighted by atomic mass is 19.4. The zero-order chi connectivity index (χ0) is 19.4. The average Bonchev–Trinajstić information content (AvgIpc) is 2.62. The van der Waals surface area contributed by atoms with Gasteiger partial charge in [-0.25, -0.2) is 14.2 Å². The van der Waals surface area contributed by atoms with Gasteiger partial charge < -0.3 is 9.47 Å². The Morgan fingerprint density at radius 3 is 2.63 bits per heavy atom. The Kier molecular flexibility index (Phi) is 5.54. The van der Waals surface area contributed by atoms with Gasteiger partial charge in [0.05, 0.1) is 30.8 Å². The van der Waals surface area contributed by atoms with E-state index in [0.717, 1.165) is 18.3 Å². The average molecular weight is 385 g/mol. The number of nitrogens with one attached hydrogen (secondary N) is 1. The van der Waals surface area contributed by atoms with E-state index in [0.29, 0.717) is 26.1 Å². The number of carbonyl (C=O) groups excluding carboxylic acids is 1. The van der Waals surface area contributed by atoms with Crippen LogP contribution in [0.3, 0.4) is 0 Å². The second-order valence-electron chi connectivity index (χ2n) is 5.82. The number of nitrogens with zero attached hydrogens (tertiary/aromatic N) is 2. The number of anilines is 1. The third-order valence-corrected chi connectivity index (χ3v) is 3.84. The van der Waals surface area contributed by atoms with Gasteiger partial charge in [0.25, 0.3) is 0 Å². The van der Waals surface area contributed by atoms with Crippen LogP contribution in [0.1, 0.15) is 18.5 Å². The van der Waals surface area contributed by atoms with Crippen molar-refractivity contribution in [3.05, 3.63) is 42.1 Å². The van der Waals surface area contributed by atoms with Gasteiger partial charge in [-0.3, -0.25) is 10.3 Å². The molecule has 10 heteroatoms. The molecule has 2 aromatic rings. The zero-order valence-electron chi connectivity index (χ0n) is 13.9. The minimum atomic E-state index is -4.84. The van der Waals surface area contributed by atoms with Gasteiger partial charge in [-0.05, 0) is 18.2 Å². The summed E-state index contributed by atoms with van der Waals surface area (Å²) in [6.07, 6.45) is -3.19. The second-order valence-corrected chi connectivity index (χ2v) is 5.82. The van der Waals surface area contributed by atoms with Crippen LogP contribution >= 0.6 is 0 Å². The first-order valence-electron chi connectivity index (χ1n) is 8.07. The molecule has 27 heavy (non-hydrogen) atoms. The highest BCUT2D eigenvalue weighted by Gasteiger charge is 2.37. The van der Waals surface area contributed by atoms with Crippen molar-refractivity contribution in [1.29, 1.82) is 0 Å². The number of alkyl halides is 3. The summed E-state index contributed by atoms with van der Waals surface area (Å²) in [5.41, 5.74) is -1.91. The molecule has 144 valence electrons. The molecule has 0 aromatic carbocycles. The monoisotopic (exact) mass is 385 g/mol. The zero-order valence-corrected chi connectivity index (χ0v) is 13.9. The Labute approximate surface area is 151 Å². The molecule has 3 rings (SSSR count). The largest absolute Gasteiger partial charge is 0.446 e. The van der Waals surface area contributed by atoms with Gasteiger partial charge in [0.2, 0.25) is 0 Å². The molecule has 2 aromatic heterocycles. The Morgan fingerprint density at radius 1 is 1.22 bits per heavy atom. The Hall–Kier alpha value is -2.75. The summed E-state index contributed by atoms with van der Waals surface area (Å²) in [4.78, 5) is 19.1. The first-order chi connectivity index (χ1) is 12.8. The normalized spacial score (nSPS) is 15.4. The molecule has 0 unspecified atom stereocenters. The topological polar surface area (TPSA) is 73.3 Å². The van der Waals surface area contributed by atoms with E-state index >= 15 is 0 Å². The Balaban J connectivity index is 1.83. The minimum Gasteiger partial charge on any atom is -0.446 e. The predicted molar refractivity (Wildman–Crippen MR) is 86.4 cm³/mol. The molecule has 1 N–H and O–H groups in total. The van der Waals surface area contributed by atoms with Crippen LogP contribution in [0.4, 0.5) is 28.0 Å². The van der Waals surface area contributed by atoms with Crippen molar-refractivity contribution >= 4 is 11.8 Å². The fourth-order valence-corrected chi connectivity index (χ4v) is 2.57. The van der Waals surface area contributed by atoms with Crippen molar-refractivity contribution in [2.24, 2.45) is 0 Å². The quantitative estimate of drug-likeness (QED) is 0.808. The van der Waals surface area contributed by atoms with E-state index in [-0.39, 0.29) is 11.3 Å². The molecular formula is C17H15F4N3O3. The molecule has 0 saturated carbocycles. The lowest BCUT2D eigenvalue weighted by Gasteiger charge is -2.22. The first-order valence-corrected chi connectivity index (χ1v) is 8.07. The molecule has 0 aliphatic carbocycles. The molecule has 0 atom stereocenters. The number of hydrogen-bond donors (Lipinski definition) is 1. The molecule has 1 amide bonds. The van der Waals surface area contributed by atoms with E-state index in [9.17, 15) is 22.4 Å². The van der Waals surface area contributed by atoms with Crippen LogP contribution in [0.15, 0.2) is 30.6 Å². The number of ether oxygens (including phenoxy) is 2. The van der Waals surface area contributed by atoms with Crippen LogP contribution in [0.2, 0.25) is 0 Å². The molecule has 1 aliphatic rings. The number of halogens is 4. The summed E-state index contributed by atoms with van der Waals surface area (Å²) in [5, 5.41) is 2.08. The van der Waals surface area contributed by atoms with Crippen LogP contribution in [0, 0.1) is 5.82 Å². The fourth-order valence-electron chi connectivity index (χ4n) is 2.57. The van der Waals surface area contributed by atoms with Crippen LogP contribution < -0.4 is 5.32 Å². The maximum atomic E-state index is 13.4. The van der Waals surface area contributed by atoms with E-state index in [1.165, 1.54) is 12.3 Å². The second kappa shape index (κ2) is 7.87. The van der Waals surface area contributed by atoms with Gasteiger partial charge in [0.1, 0.15) is 11.9 Å². The lowest BCUT2D eigenvalue weighted by molar-refractivity contribution is -0.140. The highest BCUT2D eigenvalue weighted by molar-refractivity contribution is 5.86. The number of hydrogen-bond acceptors (Lipinski definition) is 5. The van der Waals surface area contributed by atoms with E-state index in [1.807, 2.05) is 0 Å².